The molecule has 1 atom stereocenters. The lowest BCUT2D eigenvalue weighted by molar-refractivity contribution is -0.384. The molecule has 0 bridgehead atoms. The molecule has 0 aliphatic rings. The molecular weight excluding hydrogens is 248 g/mol. The van der Waals surface area contributed by atoms with Crippen LogP contribution in [0.5, 0.6) is 0 Å². The number of nitro benzene ring substituents is 1. The summed E-state index contributed by atoms with van der Waals surface area (Å²) in [6, 6.07) is 5.69. The summed E-state index contributed by atoms with van der Waals surface area (Å²) in [5.74, 6) is -0.880. The molecule has 0 aliphatic carbocycles. The topological polar surface area (TPSA) is 92.5 Å². The SMILES string of the molecule is CC(C)(C)C(CC(=O)O)Nc1ccc([N+](=O)[O-])cc1. The molecule has 0 aliphatic heterocycles. The van der Waals surface area contributed by atoms with Gasteiger partial charge in [-0.3, -0.25) is 14.9 Å². The highest BCUT2D eigenvalue weighted by Gasteiger charge is 2.26. The van der Waals surface area contributed by atoms with Gasteiger partial charge in [0.05, 0.1) is 11.3 Å². The molecule has 0 saturated carbocycles. The van der Waals surface area contributed by atoms with Crippen LogP contribution in [0.15, 0.2) is 24.3 Å². The van der Waals surface area contributed by atoms with Crippen molar-refractivity contribution in [3.8, 4) is 0 Å². The fraction of sp³-hybridized carbons (Fsp3) is 0.462. The zero-order valence-corrected chi connectivity index (χ0v) is 11.2. The lowest BCUT2D eigenvalue weighted by atomic mass is 9.84. The molecule has 0 saturated heterocycles. The quantitative estimate of drug-likeness (QED) is 0.631. The fourth-order valence-corrected chi connectivity index (χ4v) is 1.63. The van der Waals surface area contributed by atoms with Gasteiger partial charge in [0.1, 0.15) is 0 Å². The lowest BCUT2D eigenvalue weighted by Gasteiger charge is -2.31. The minimum Gasteiger partial charge on any atom is -0.481 e. The Bertz CT molecular complexity index is 463. The van der Waals surface area contributed by atoms with Gasteiger partial charge in [-0.2, -0.15) is 0 Å². The van der Waals surface area contributed by atoms with E-state index in [0.717, 1.165) is 0 Å². The van der Waals surface area contributed by atoms with Gasteiger partial charge in [0.2, 0.25) is 0 Å². The van der Waals surface area contributed by atoms with Gasteiger partial charge in [-0.05, 0) is 17.5 Å². The van der Waals surface area contributed by atoms with E-state index in [1.54, 1.807) is 12.1 Å². The molecule has 1 unspecified atom stereocenters. The lowest BCUT2D eigenvalue weighted by Crippen LogP contribution is -2.36. The van der Waals surface area contributed by atoms with E-state index in [2.05, 4.69) is 5.32 Å². The predicted molar refractivity (Wildman–Crippen MR) is 72.2 cm³/mol. The van der Waals surface area contributed by atoms with Crippen molar-refractivity contribution >= 4 is 17.3 Å². The largest absolute Gasteiger partial charge is 0.481 e. The number of rotatable bonds is 5. The Balaban J connectivity index is 2.84. The maximum atomic E-state index is 10.9. The molecule has 0 fully saturated rings. The van der Waals surface area contributed by atoms with Gasteiger partial charge in [0.15, 0.2) is 0 Å². The summed E-state index contributed by atoms with van der Waals surface area (Å²) in [5, 5.41) is 22.6. The number of non-ortho nitro benzene ring substituents is 1. The van der Waals surface area contributed by atoms with Crippen LogP contribution in [0.25, 0.3) is 0 Å². The Morgan fingerprint density at radius 1 is 1.37 bits per heavy atom. The highest BCUT2D eigenvalue weighted by molar-refractivity contribution is 5.68. The normalized spacial score (nSPS) is 12.8. The van der Waals surface area contributed by atoms with Crippen molar-refractivity contribution in [3.63, 3.8) is 0 Å². The van der Waals surface area contributed by atoms with Gasteiger partial charge in [-0.25, -0.2) is 0 Å². The Morgan fingerprint density at radius 2 is 1.89 bits per heavy atom. The Labute approximate surface area is 111 Å². The number of carboxylic acid groups (broad SMARTS) is 1. The second kappa shape index (κ2) is 5.69. The number of nitrogens with one attached hydrogen (secondary N) is 1. The number of hydrogen-bond donors (Lipinski definition) is 2. The van der Waals surface area contributed by atoms with E-state index in [1.807, 2.05) is 20.8 Å². The van der Waals surface area contributed by atoms with Crippen LogP contribution < -0.4 is 5.32 Å². The first-order valence-electron chi connectivity index (χ1n) is 5.93. The molecule has 0 aromatic heterocycles. The Hall–Kier alpha value is -2.11. The summed E-state index contributed by atoms with van der Waals surface area (Å²) >= 11 is 0. The van der Waals surface area contributed by atoms with Gasteiger partial charge in [-0.15, -0.1) is 0 Å². The molecule has 0 radical (unpaired) electrons. The third kappa shape index (κ3) is 4.57. The van der Waals surface area contributed by atoms with Crippen molar-refractivity contribution in [3.05, 3.63) is 34.4 Å². The van der Waals surface area contributed by atoms with Crippen molar-refractivity contribution in [1.82, 2.24) is 0 Å². The zero-order chi connectivity index (χ0) is 14.6. The average molecular weight is 266 g/mol. The van der Waals surface area contributed by atoms with E-state index in [0.29, 0.717) is 5.69 Å². The number of carboxylic acids is 1. The van der Waals surface area contributed by atoms with E-state index in [4.69, 9.17) is 5.11 Å². The number of hydrogen-bond acceptors (Lipinski definition) is 4. The molecule has 1 rings (SSSR count). The second-order valence-corrected chi connectivity index (χ2v) is 5.46. The van der Waals surface area contributed by atoms with E-state index in [1.165, 1.54) is 12.1 Å². The molecule has 104 valence electrons. The minimum atomic E-state index is -0.880. The van der Waals surface area contributed by atoms with Crippen LogP contribution in [0.2, 0.25) is 0 Å². The molecule has 0 heterocycles. The first kappa shape index (κ1) is 14.9. The summed E-state index contributed by atoms with van der Waals surface area (Å²) in [4.78, 5) is 20.9. The van der Waals surface area contributed by atoms with Gasteiger partial charge in [0, 0.05) is 23.9 Å². The first-order chi connectivity index (χ1) is 8.70. The number of carbonyl (C=O) groups is 1. The summed E-state index contributed by atoms with van der Waals surface area (Å²) in [5.41, 5.74) is 0.447. The summed E-state index contributed by atoms with van der Waals surface area (Å²) < 4.78 is 0. The molecule has 6 heteroatoms. The Kier molecular flexibility index (Phi) is 4.47. The molecular formula is C13H18N2O4. The van der Waals surface area contributed by atoms with Crippen LogP contribution in [0.3, 0.4) is 0 Å². The zero-order valence-electron chi connectivity index (χ0n) is 11.2. The average Bonchev–Trinajstić information content (AvgIpc) is 2.27. The number of benzene rings is 1. The minimum absolute atomic E-state index is 0.0103. The van der Waals surface area contributed by atoms with Crippen LogP contribution in [0, 0.1) is 15.5 Å². The van der Waals surface area contributed by atoms with Crippen LogP contribution >= 0.6 is 0 Å². The number of anilines is 1. The van der Waals surface area contributed by atoms with E-state index < -0.39 is 10.9 Å². The summed E-state index contributed by atoms with van der Waals surface area (Å²) in [7, 11) is 0. The maximum Gasteiger partial charge on any atom is 0.305 e. The molecule has 1 aromatic rings. The van der Waals surface area contributed by atoms with Crippen LogP contribution in [-0.4, -0.2) is 22.0 Å². The molecule has 1 aromatic carbocycles. The van der Waals surface area contributed by atoms with Crippen LogP contribution in [0.4, 0.5) is 11.4 Å². The highest BCUT2D eigenvalue weighted by Crippen LogP contribution is 2.26. The van der Waals surface area contributed by atoms with Gasteiger partial charge >= 0.3 is 5.97 Å². The monoisotopic (exact) mass is 266 g/mol. The van der Waals surface area contributed by atoms with Crippen molar-refractivity contribution < 1.29 is 14.8 Å². The maximum absolute atomic E-state index is 10.9. The highest BCUT2D eigenvalue weighted by atomic mass is 16.6. The Morgan fingerprint density at radius 3 is 2.26 bits per heavy atom. The van der Waals surface area contributed by atoms with Crippen molar-refractivity contribution in [2.45, 2.75) is 33.2 Å². The number of aliphatic carboxylic acids is 1. The molecule has 2 N–H and O–H groups in total. The molecule has 0 spiro atoms. The fourth-order valence-electron chi connectivity index (χ4n) is 1.63. The van der Waals surface area contributed by atoms with Crippen molar-refractivity contribution in [2.24, 2.45) is 5.41 Å². The third-order valence-electron chi connectivity index (χ3n) is 2.84. The smallest absolute Gasteiger partial charge is 0.305 e. The van der Waals surface area contributed by atoms with E-state index in [9.17, 15) is 14.9 Å². The number of nitrogens with zero attached hydrogens (tertiary/aromatic N) is 1. The standard InChI is InChI=1S/C13H18N2O4/c1-13(2,3)11(8-12(16)17)14-9-4-6-10(7-5-9)15(18)19/h4-7,11,14H,8H2,1-3H3,(H,16,17). The summed E-state index contributed by atoms with van der Waals surface area (Å²) in [6.07, 6.45) is -0.0134. The second-order valence-electron chi connectivity index (χ2n) is 5.46. The van der Waals surface area contributed by atoms with E-state index in [-0.39, 0.29) is 23.6 Å². The van der Waals surface area contributed by atoms with Crippen LogP contribution in [0.1, 0.15) is 27.2 Å². The van der Waals surface area contributed by atoms with E-state index >= 15 is 0 Å². The third-order valence-corrected chi connectivity index (χ3v) is 2.84. The predicted octanol–water partition coefficient (Wildman–Crippen LogP) is 2.90. The number of nitro groups is 1. The van der Waals surface area contributed by atoms with Gasteiger partial charge in [0.25, 0.3) is 5.69 Å². The molecule has 6 nitrogen and oxygen atoms in total. The van der Waals surface area contributed by atoms with Crippen molar-refractivity contribution in [2.75, 3.05) is 5.32 Å². The van der Waals surface area contributed by atoms with Crippen LogP contribution in [-0.2, 0) is 4.79 Å². The van der Waals surface area contributed by atoms with Gasteiger partial charge in [-0.1, -0.05) is 20.8 Å². The van der Waals surface area contributed by atoms with Crippen molar-refractivity contribution in [1.29, 1.82) is 0 Å². The molecule has 19 heavy (non-hydrogen) atoms. The first-order valence-corrected chi connectivity index (χ1v) is 5.93. The summed E-state index contributed by atoms with van der Waals surface area (Å²) in [6.45, 7) is 5.83. The van der Waals surface area contributed by atoms with Gasteiger partial charge < -0.3 is 10.4 Å². The molecule has 0 amide bonds.